The van der Waals surface area contributed by atoms with E-state index in [1.54, 1.807) is 0 Å². The zero-order valence-corrected chi connectivity index (χ0v) is 8.88. The van der Waals surface area contributed by atoms with Crippen LogP contribution in [0.3, 0.4) is 0 Å². The van der Waals surface area contributed by atoms with Crippen molar-refractivity contribution >= 4 is 5.91 Å². The summed E-state index contributed by atoms with van der Waals surface area (Å²) in [5.74, 6) is 1.11. The van der Waals surface area contributed by atoms with Crippen LogP contribution in [0.25, 0.3) is 0 Å². The Kier molecular flexibility index (Phi) is 2.52. The smallest absolute Gasteiger partial charge is 0.223 e. The van der Waals surface area contributed by atoms with Crippen LogP contribution >= 0.6 is 0 Å². The molecule has 1 amide bonds. The highest BCUT2D eigenvalue weighted by molar-refractivity contribution is 5.82. The van der Waals surface area contributed by atoms with Gasteiger partial charge in [-0.2, -0.15) is 0 Å². The van der Waals surface area contributed by atoms with Crippen molar-refractivity contribution in [1.82, 2.24) is 5.32 Å². The number of hydrogen-bond acceptors (Lipinski definition) is 2. The fraction of sp³-hybridized carbons (Fsp3) is 0.909. The molecule has 80 valence electrons. The normalized spacial score (nSPS) is 34.1. The van der Waals surface area contributed by atoms with E-state index in [9.17, 15) is 4.79 Å². The Balaban J connectivity index is 1.91. The van der Waals surface area contributed by atoms with Crippen LogP contribution in [0.15, 0.2) is 0 Å². The first-order chi connectivity index (χ1) is 6.67. The molecule has 0 aromatic rings. The number of carbonyl (C=O) groups excluding carboxylic acids is 1. The first-order valence-corrected chi connectivity index (χ1v) is 5.69. The molecule has 0 saturated heterocycles. The first kappa shape index (κ1) is 9.97. The van der Waals surface area contributed by atoms with E-state index in [4.69, 9.17) is 5.73 Å². The zero-order chi connectivity index (χ0) is 10.2. The van der Waals surface area contributed by atoms with E-state index >= 15 is 0 Å². The van der Waals surface area contributed by atoms with Gasteiger partial charge in [-0.05, 0) is 25.2 Å². The largest absolute Gasteiger partial charge is 0.349 e. The van der Waals surface area contributed by atoms with E-state index in [-0.39, 0.29) is 17.4 Å². The molecule has 14 heavy (non-hydrogen) atoms. The lowest BCUT2D eigenvalue weighted by atomic mass is 9.97. The van der Waals surface area contributed by atoms with Crippen LogP contribution in [-0.4, -0.2) is 18.0 Å². The molecule has 2 unspecified atom stereocenters. The Bertz CT molecular complexity index is 233. The van der Waals surface area contributed by atoms with Crippen molar-refractivity contribution in [3.63, 3.8) is 0 Å². The lowest BCUT2D eigenvalue weighted by molar-refractivity contribution is -0.124. The Hall–Kier alpha value is -0.570. The summed E-state index contributed by atoms with van der Waals surface area (Å²) in [6.07, 6.45) is 5.61. The molecule has 0 spiro atoms. The summed E-state index contributed by atoms with van der Waals surface area (Å²) in [5, 5.41) is 3.17. The average Bonchev–Trinajstić information content (AvgIpc) is 2.74. The third-order valence-electron chi connectivity index (χ3n) is 3.79. The third kappa shape index (κ3) is 1.78. The van der Waals surface area contributed by atoms with Crippen LogP contribution in [-0.2, 0) is 4.79 Å². The number of hydrogen-bond donors (Lipinski definition) is 2. The molecular weight excluding hydrogens is 176 g/mol. The van der Waals surface area contributed by atoms with Gasteiger partial charge in [0.2, 0.25) is 5.91 Å². The monoisotopic (exact) mass is 196 g/mol. The minimum absolute atomic E-state index is 0.0562. The second-order valence-corrected chi connectivity index (χ2v) is 5.00. The summed E-state index contributed by atoms with van der Waals surface area (Å²) in [5.41, 5.74) is 5.70. The summed E-state index contributed by atoms with van der Waals surface area (Å²) in [7, 11) is 0. The van der Waals surface area contributed by atoms with Crippen molar-refractivity contribution in [1.29, 1.82) is 0 Å². The molecule has 2 rings (SSSR count). The van der Waals surface area contributed by atoms with Crippen molar-refractivity contribution in [2.45, 2.75) is 44.6 Å². The van der Waals surface area contributed by atoms with E-state index in [1.807, 2.05) is 0 Å². The van der Waals surface area contributed by atoms with E-state index in [0.717, 1.165) is 19.3 Å². The Morgan fingerprint density at radius 3 is 2.50 bits per heavy atom. The zero-order valence-electron chi connectivity index (χ0n) is 8.88. The summed E-state index contributed by atoms with van der Waals surface area (Å²) in [6, 6.07) is 0. The minimum atomic E-state index is -0.0562. The van der Waals surface area contributed by atoms with Gasteiger partial charge < -0.3 is 11.1 Å². The van der Waals surface area contributed by atoms with Gasteiger partial charge in [0.1, 0.15) is 0 Å². The standard InChI is InChI=1S/C11H20N2O/c1-8-6-9(8)10(14)13-11(7-12)4-2-3-5-11/h8-9H,2-7,12H2,1H3,(H,13,14). The predicted molar refractivity (Wildman–Crippen MR) is 55.7 cm³/mol. The van der Waals surface area contributed by atoms with E-state index < -0.39 is 0 Å². The Morgan fingerprint density at radius 2 is 2.07 bits per heavy atom. The molecule has 0 bridgehead atoms. The summed E-state index contributed by atoms with van der Waals surface area (Å²) in [4.78, 5) is 11.8. The van der Waals surface area contributed by atoms with Crippen molar-refractivity contribution in [3.8, 4) is 0 Å². The highest BCUT2D eigenvalue weighted by atomic mass is 16.2. The maximum atomic E-state index is 11.8. The molecule has 0 aromatic carbocycles. The Labute approximate surface area is 85.4 Å². The molecule has 3 heteroatoms. The average molecular weight is 196 g/mol. The van der Waals surface area contributed by atoms with Gasteiger partial charge in [-0.3, -0.25) is 4.79 Å². The maximum absolute atomic E-state index is 11.8. The van der Waals surface area contributed by atoms with E-state index in [2.05, 4.69) is 12.2 Å². The van der Waals surface area contributed by atoms with Gasteiger partial charge in [-0.25, -0.2) is 0 Å². The highest BCUT2D eigenvalue weighted by Crippen LogP contribution is 2.39. The number of carbonyl (C=O) groups is 1. The lowest BCUT2D eigenvalue weighted by Crippen LogP contribution is -2.52. The molecule has 3 nitrogen and oxygen atoms in total. The maximum Gasteiger partial charge on any atom is 0.223 e. The topological polar surface area (TPSA) is 55.1 Å². The molecule has 2 aliphatic carbocycles. The number of rotatable bonds is 3. The molecule has 0 heterocycles. The van der Waals surface area contributed by atoms with Crippen LogP contribution in [0.5, 0.6) is 0 Å². The second kappa shape index (κ2) is 3.54. The van der Waals surface area contributed by atoms with Gasteiger partial charge in [0.15, 0.2) is 0 Å². The van der Waals surface area contributed by atoms with Gasteiger partial charge in [-0.15, -0.1) is 0 Å². The molecule has 0 radical (unpaired) electrons. The molecular formula is C11H20N2O. The third-order valence-corrected chi connectivity index (χ3v) is 3.79. The van der Waals surface area contributed by atoms with Gasteiger partial charge in [0.05, 0.1) is 5.54 Å². The first-order valence-electron chi connectivity index (χ1n) is 5.69. The molecule has 2 atom stereocenters. The predicted octanol–water partition coefficient (Wildman–Crippen LogP) is 1.03. The summed E-state index contributed by atoms with van der Waals surface area (Å²) < 4.78 is 0. The SMILES string of the molecule is CC1CC1C(=O)NC1(CN)CCCC1. The summed E-state index contributed by atoms with van der Waals surface area (Å²) in [6.45, 7) is 2.73. The van der Waals surface area contributed by atoms with E-state index in [1.165, 1.54) is 12.8 Å². The van der Waals surface area contributed by atoms with Crippen LogP contribution in [0.4, 0.5) is 0 Å². The quantitative estimate of drug-likeness (QED) is 0.708. The number of nitrogens with two attached hydrogens (primary N) is 1. The second-order valence-electron chi connectivity index (χ2n) is 5.00. The van der Waals surface area contributed by atoms with Crippen molar-refractivity contribution < 1.29 is 4.79 Å². The minimum Gasteiger partial charge on any atom is -0.349 e. The van der Waals surface area contributed by atoms with Gasteiger partial charge in [0, 0.05) is 12.5 Å². The van der Waals surface area contributed by atoms with Gasteiger partial charge in [-0.1, -0.05) is 19.8 Å². The van der Waals surface area contributed by atoms with Crippen LogP contribution in [0.2, 0.25) is 0 Å². The Morgan fingerprint density at radius 1 is 1.50 bits per heavy atom. The number of amides is 1. The highest BCUT2D eigenvalue weighted by Gasteiger charge is 2.43. The fourth-order valence-electron chi connectivity index (χ4n) is 2.47. The van der Waals surface area contributed by atoms with Crippen LogP contribution < -0.4 is 11.1 Å². The molecule has 0 aromatic heterocycles. The summed E-state index contributed by atoms with van der Waals surface area (Å²) >= 11 is 0. The lowest BCUT2D eigenvalue weighted by Gasteiger charge is -2.28. The molecule has 2 fully saturated rings. The molecule has 2 saturated carbocycles. The fourth-order valence-corrected chi connectivity index (χ4v) is 2.47. The number of nitrogens with one attached hydrogen (secondary N) is 1. The van der Waals surface area contributed by atoms with E-state index in [0.29, 0.717) is 12.5 Å². The molecule has 0 aliphatic heterocycles. The van der Waals surface area contributed by atoms with Crippen molar-refractivity contribution in [3.05, 3.63) is 0 Å². The molecule has 2 aliphatic rings. The van der Waals surface area contributed by atoms with Crippen LogP contribution in [0.1, 0.15) is 39.0 Å². The van der Waals surface area contributed by atoms with Crippen LogP contribution in [0, 0.1) is 11.8 Å². The van der Waals surface area contributed by atoms with Gasteiger partial charge in [0.25, 0.3) is 0 Å². The van der Waals surface area contributed by atoms with Gasteiger partial charge >= 0.3 is 0 Å². The van der Waals surface area contributed by atoms with Crippen molar-refractivity contribution in [2.24, 2.45) is 17.6 Å². The van der Waals surface area contributed by atoms with Crippen molar-refractivity contribution in [2.75, 3.05) is 6.54 Å². The molecule has 3 N–H and O–H groups in total.